The van der Waals surface area contributed by atoms with Gasteiger partial charge < -0.3 is 4.74 Å². The molecule has 4 nitrogen and oxygen atoms in total. The number of benzene rings is 2. The predicted molar refractivity (Wildman–Crippen MR) is 78.3 cm³/mol. The van der Waals surface area contributed by atoms with Crippen LogP contribution in [0.25, 0.3) is 16.9 Å². The minimum atomic E-state index is -0.341. The van der Waals surface area contributed by atoms with Gasteiger partial charge in [-0.3, -0.25) is 9.89 Å². The maximum Gasteiger partial charge on any atom is 0.271 e. The molecule has 0 saturated carbocycles. The SMILES string of the molecule is COc1cccc(-c2cc(=O)n(-c3ccc(F)cc3)[nH]2)c1. The van der Waals surface area contributed by atoms with Crippen molar-refractivity contribution in [2.75, 3.05) is 7.11 Å². The number of aromatic nitrogens is 2. The summed E-state index contributed by atoms with van der Waals surface area (Å²) in [4.78, 5) is 12.1. The molecule has 1 aromatic heterocycles. The minimum Gasteiger partial charge on any atom is -0.497 e. The monoisotopic (exact) mass is 284 g/mol. The number of nitrogens with one attached hydrogen (secondary N) is 1. The summed E-state index contributed by atoms with van der Waals surface area (Å²) < 4.78 is 19.5. The summed E-state index contributed by atoms with van der Waals surface area (Å²) in [6, 6.07) is 14.6. The molecule has 1 heterocycles. The Hall–Kier alpha value is -2.82. The molecule has 0 atom stereocenters. The van der Waals surface area contributed by atoms with Crippen LogP contribution >= 0.6 is 0 Å². The summed E-state index contributed by atoms with van der Waals surface area (Å²) >= 11 is 0. The summed E-state index contributed by atoms with van der Waals surface area (Å²) in [6.45, 7) is 0. The third-order valence-electron chi connectivity index (χ3n) is 3.19. The van der Waals surface area contributed by atoms with Crippen molar-refractivity contribution in [2.45, 2.75) is 0 Å². The summed E-state index contributed by atoms with van der Waals surface area (Å²) in [7, 11) is 1.59. The van der Waals surface area contributed by atoms with Crippen LogP contribution in [-0.4, -0.2) is 16.9 Å². The number of rotatable bonds is 3. The van der Waals surface area contributed by atoms with E-state index in [1.165, 1.54) is 22.9 Å². The van der Waals surface area contributed by atoms with Crippen molar-refractivity contribution >= 4 is 0 Å². The van der Waals surface area contributed by atoms with E-state index in [0.29, 0.717) is 17.1 Å². The second-order valence-electron chi connectivity index (χ2n) is 4.55. The van der Waals surface area contributed by atoms with Gasteiger partial charge in [0.1, 0.15) is 11.6 Å². The highest BCUT2D eigenvalue weighted by molar-refractivity contribution is 5.61. The van der Waals surface area contributed by atoms with Crippen LogP contribution in [0.2, 0.25) is 0 Å². The van der Waals surface area contributed by atoms with Gasteiger partial charge in [0.2, 0.25) is 0 Å². The van der Waals surface area contributed by atoms with Crippen LogP contribution < -0.4 is 10.3 Å². The fraction of sp³-hybridized carbons (Fsp3) is 0.0625. The Bertz CT molecular complexity index is 819. The molecule has 0 spiro atoms. The van der Waals surface area contributed by atoms with Gasteiger partial charge in [-0.05, 0) is 36.4 Å². The van der Waals surface area contributed by atoms with E-state index in [9.17, 15) is 9.18 Å². The Balaban J connectivity index is 2.05. The molecule has 3 rings (SSSR count). The lowest BCUT2D eigenvalue weighted by atomic mass is 10.1. The Morgan fingerprint density at radius 2 is 1.86 bits per heavy atom. The predicted octanol–water partition coefficient (Wildman–Crippen LogP) is 2.98. The molecule has 5 heteroatoms. The zero-order valence-electron chi connectivity index (χ0n) is 11.3. The molecule has 106 valence electrons. The first-order valence-corrected chi connectivity index (χ1v) is 6.40. The summed E-state index contributed by atoms with van der Waals surface area (Å²) in [5.41, 5.74) is 1.88. The van der Waals surface area contributed by atoms with E-state index < -0.39 is 0 Å². The second-order valence-corrected chi connectivity index (χ2v) is 4.55. The fourth-order valence-corrected chi connectivity index (χ4v) is 2.12. The Kier molecular flexibility index (Phi) is 3.31. The molecule has 0 fully saturated rings. The number of hydrogen-bond donors (Lipinski definition) is 1. The molecule has 0 amide bonds. The highest BCUT2D eigenvalue weighted by atomic mass is 19.1. The van der Waals surface area contributed by atoms with Gasteiger partial charge >= 0.3 is 0 Å². The molecule has 1 N–H and O–H groups in total. The van der Waals surface area contributed by atoms with Gasteiger partial charge in [0.15, 0.2) is 0 Å². The van der Waals surface area contributed by atoms with Crippen molar-refractivity contribution in [3.05, 3.63) is 70.8 Å². The largest absolute Gasteiger partial charge is 0.497 e. The number of hydrogen-bond acceptors (Lipinski definition) is 2. The van der Waals surface area contributed by atoms with Crippen LogP contribution in [0.4, 0.5) is 4.39 Å². The molecule has 3 aromatic rings. The maximum atomic E-state index is 12.9. The van der Waals surface area contributed by atoms with Crippen molar-refractivity contribution in [3.8, 4) is 22.7 Å². The van der Waals surface area contributed by atoms with Crippen molar-refractivity contribution in [1.82, 2.24) is 9.78 Å². The molecule has 0 saturated heterocycles. The van der Waals surface area contributed by atoms with E-state index >= 15 is 0 Å². The van der Waals surface area contributed by atoms with Crippen LogP contribution in [-0.2, 0) is 0 Å². The molecule has 2 aromatic carbocycles. The summed E-state index contributed by atoms with van der Waals surface area (Å²) in [5.74, 6) is 0.370. The molecule has 0 aliphatic rings. The Labute approximate surface area is 120 Å². The van der Waals surface area contributed by atoms with Crippen LogP contribution in [0, 0.1) is 5.82 Å². The minimum absolute atomic E-state index is 0.209. The van der Waals surface area contributed by atoms with Crippen LogP contribution in [0.5, 0.6) is 5.75 Å². The molecule has 0 unspecified atom stereocenters. The third-order valence-corrected chi connectivity index (χ3v) is 3.19. The average Bonchev–Trinajstić information content (AvgIpc) is 2.90. The first-order valence-electron chi connectivity index (χ1n) is 6.40. The number of aromatic amines is 1. The highest BCUT2D eigenvalue weighted by Crippen LogP contribution is 2.21. The van der Waals surface area contributed by atoms with E-state index in [1.54, 1.807) is 19.2 Å². The van der Waals surface area contributed by atoms with Crippen molar-refractivity contribution in [2.24, 2.45) is 0 Å². The van der Waals surface area contributed by atoms with E-state index in [2.05, 4.69) is 5.10 Å². The first kappa shape index (κ1) is 13.2. The van der Waals surface area contributed by atoms with Gasteiger partial charge in [0, 0.05) is 11.6 Å². The second kappa shape index (κ2) is 5.28. The first-order chi connectivity index (χ1) is 10.2. The molecular formula is C16H13FN2O2. The van der Waals surface area contributed by atoms with Crippen molar-refractivity contribution in [1.29, 1.82) is 0 Å². The number of nitrogens with zero attached hydrogens (tertiary/aromatic N) is 1. The van der Waals surface area contributed by atoms with Gasteiger partial charge in [0.05, 0.1) is 18.5 Å². The molecule has 0 aliphatic heterocycles. The lowest BCUT2D eigenvalue weighted by Gasteiger charge is -2.04. The van der Waals surface area contributed by atoms with E-state index in [-0.39, 0.29) is 11.4 Å². The van der Waals surface area contributed by atoms with Gasteiger partial charge in [-0.2, -0.15) is 0 Å². The quantitative estimate of drug-likeness (QED) is 0.803. The van der Waals surface area contributed by atoms with Gasteiger partial charge in [0.25, 0.3) is 5.56 Å². The Morgan fingerprint density at radius 1 is 1.10 bits per heavy atom. The Morgan fingerprint density at radius 3 is 2.57 bits per heavy atom. The van der Waals surface area contributed by atoms with Gasteiger partial charge in [-0.1, -0.05) is 12.1 Å². The number of methoxy groups -OCH3 is 1. The lowest BCUT2D eigenvalue weighted by Crippen LogP contribution is -2.13. The average molecular weight is 284 g/mol. The van der Waals surface area contributed by atoms with Crippen LogP contribution in [0.1, 0.15) is 0 Å². The maximum absolute atomic E-state index is 12.9. The van der Waals surface area contributed by atoms with Crippen LogP contribution in [0.15, 0.2) is 59.4 Å². The molecule has 21 heavy (non-hydrogen) atoms. The van der Waals surface area contributed by atoms with Crippen molar-refractivity contribution < 1.29 is 9.13 Å². The number of ether oxygens (including phenoxy) is 1. The molecular weight excluding hydrogens is 271 g/mol. The van der Waals surface area contributed by atoms with E-state index in [4.69, 9.17) is 4.74 Å². The van der Waals surface area contributed by atoms with Crippen molar-refractivity contribution in [3.63, 3.8) is 0 Å². The van der Waals surface area contributed by atoms with E-state index in [0.717, 1.165) is 5.56 Å². The number of halogens is 1. The topological polar surface area (TPSA) is 47.0 Å². The molecule has 0 aliphatic carbocycles. The number of H-pyrrole nitrogens is 1. The lowest BCUT2D eigenvalue weighted by molar-refractivity contribution is 0.415. The summed E-state index contributed by atoms with van der Waals surface area (Å²) in [5, 5.41) is 3.01. The normalized spacial score (nSPS) is 10.6. The fourth-order valence-electron chi connectivity index (χ4n) is 2.12. The summed E-state index contributed by atoms with van der Waals surface area (Å²) in [6.07, 6.45) is 0. The zero-order valence-corrected chi connectivity index (χ0v) is 11.3. The molecule has 0 radical (unpaired) electrons. The van der Waals surface area contributed by atoms with Gasteiger partial charge in [-0.15, -0.1) is 0 Å². The smallest absolute Gasteiger partial charge is 0.271 e. The standard InChI is InChI=1S/C16H13FN2O2/c1-21-14-4-2-3-11(9-14)15-10-16(20)19(18-15)13-7-5-12(17)6-8-13/h2-10,18H,1H3. The third kappa shape index (κ3) is 2.58. The van der Waals surface area contributed by atoms with Gasteiger partial charge in [-0.25, -0.2) is 9.07 Å². The van der Waals surface area contributed by atoms with E-state index in [1.807, 2.05) is 24.3 Å². The molecule has 0 bridgehead atoms. The highest BCUT2D eigenvalue weighted by Gasteiger charge is 2.08. The zero-order chi connectivity index (χ0) is 14.8. The van der Waals surface area contributed by atoms with Crippen LogP contribution in [0.3, 0.4) is 0 Å².